The monoisotopic (exact) mass is 418 g/mol. The van der Waals surface area contributed by atoms with E-state index in [9.17, 15) is 4.79 Å². The van der Waals surface area contributed by atoms with Gasteiger partial charge < -0.3 is 9.64 Å². The van der Waals surface area contributed by atoms with Gasteiger partial charge in [-0.25, -0.2) is 4.79 Å². The molecule has 28 heavy (non-hydrogen) atoms. The van der Waals surface area contributed by atoms with Gasteiger partial charge in [-0.15, -0.1) is 18.2 Å². The fourth-order valence-corrected chi connectivity index (χ4v) is 3.70. The van der Waals surface area contributed by atoms with Crippen molar-refractivity contribution < 1.29 is 9.53 Å². The Morgan fingerprint density at radius 1 is 1.18 bits per heavy atom. The van der Waals surface area contributed by atoms with Crippen LogP contribution in [0.4, 0.5) is 4.79 Å². The zero-order chi connectivity index (χ0) is 21.1. The Hall–Kier alpha value is -1.42. The van der Waals surface area contributed by atoms with Gasteiger partial charge in [0.05, 0.1) is 0 Å². The van der Waals surface area contributed by atoms with Gasteiger partial charge in [-0.3, -0.25) is 4.90 Å². The molecule has 1 heterocycles. The third-order valence-electron chi connectivity index (χ3n) is 4.44. The predicted octanol–water partition coefficient (Wildman–Crippen LogP) is 4.57. The lowest BCUT2D eigenvalue weighted by molar-refractivity contribution is 0.0139. The number of ether oxygens (including phenoxy) is 1. The Labute approximate surface area is 177 Å². The molecular formula is C22H34N2O2SSi. The van der Waals surface area contributed by atoms with Crippen LogP contribution in [0.15, 0.2) is 17.0 Å². The summed E-state index contributed by atoms with van der Waals surface area (Å²) in [5.41, 5.74) is 6.46. The maximum atomic E-state index is 12.2. The van der Waals surface area contributed by atoms with E-state index in [-0.39, 0.29) is 6.09 Å². The second-order valence-electron chi connectivity index (χ2n) is 9.53. The van der Waals surface area contributed by atoms with E-state index >= 15 is 0 Å². The van der Waals surface area contributed by atoms with E-state index in [1.165, 1.54) is 5.56 Å². The van der Waals surface area contributed by atoms with Gasteiger partial charge in [0.1, 0.15) is 13.7 Å². The summed E-state index contributed by atoms with van der Waals surface area (Å²) in [6.45, 7) is 18.4. The van der Waals surface area contributed by atoms with Gasteiger partial charge in [0.15, 0.2) is 0 Å². The standard InChI is InChI=1S/C22H34N2O2SSi/c1-17-19(8-13-28(5,6)7)14-18(15-20(17)27)16-23-9-11-24(12-10-23)21(25)26-22(2,3)4/h14-15,27H,9-12,16H2,1-7H3. The zero-order valence-corrected chi connectivity index (χ0v) is 20.2. The van der Waals surface area contributed by atoms with Crippen LogP contribution in [0.3, 0.4) is 0 Å². The molecule has 1 amide bonds. The highest BCUT2D eigenvalue weighted by Gasteiger charge is 2.25. The second-order valence-corrected chi connectivity index (χ2v) is 14.8. The number of hydrogen-bond acceptors (Lipinski definition) is 4. The van der Waals surface area contributed by atoms with Crippen LogP contribution in [0.25, 0.3) is 0 Å². The Morgan fingerprint density at radius 2 is 1.79 bits per heavy atom. The topological polar surface area (TPSA) is 32.8 Å². The molecule has 1 aliphatic rings. The minimum absolute atomic E-state index is 0.218. The fourth-order valence-electron chi connectivity index (χ4n) is 2.91. The number of piperazine rings is 1. The third kappa shape index (κ3) is 7.19. The Balaban J connectivity index is 2.02. The highest BCUT2D eigenvalue weighted by Crippen LogP contribution is 2.22. The summed E-state index contributed by atoms with van der Waals surface area (Å²) < 4.78 is 5.48. The van der Waals surface area contributed by atoms with Crippen LogP contribution in [0.1, 0.15) is 37.5 Å². The minimum atomic E-state index is -1.42. The first-order valence-electron chi connectivity index (χ1n) is 9.90. The molecule has 1 saturated heterocycles. The molecular weight excluding hydrogens is 384 g/mol. The van der Waals surface area contributed by atoms with Crippen molar-refractivity contribution in [1.82, 2.24) is 9.80 Å². The van der Waals surface area contributed by atoms with E-state index < -0.39 is 13.7 Å². The first-order valence-corrected chi connectivity index (χ1v) is 13.8. The molecule has 0 saturated carbocycles. The molecule has 154 valence electrons. The molecule has 4 nitrogen and oxygen atoms in total. The van der Waals surface area contributed by atoms with E-state index in [1.807, 2.05) is 20.8 Å². The van der Waals surface area contributed by atoms with Crippen LogP contribution in [0.2, 0.25) is 19.6 Å². The van der Waals surface area contributed by atoms with Crippen LogP contribution in [-0.2, 0) is 11.3 Å². The van der Waals surface area contributed by atoms with E-state index in [1.54, 1.807) is 4.90 Å². The van der Waals surface area contributed by atoms with Gasteiger partial charge in [0.25, 0.3) is 0 Å². The number of amides is 1. The number of nitrogens with zero attached hydrogens (tertiary/aromatic N) is 2. The summed E-state index contributed by atoms with van der Waals surface area (Å²) in [5, 5.41) is 0. The Morgan fingerprint density at radius 3 is 2.32 bits per heavy atom. The molecule has 1 aromatic rings. The van der Waals surface area contributed by atoms with Crippen LogP contribution in [0.5, 0.6) is 0 Å². The van der Waals surface area contributed by atoms with E-state index in [2.05, 4.69) is 67.7 Å². The number of rotatable bonds is 2. The van der Waals surface area contributed by atoms with Gasteiger partial charge in [-0.05, 0) is 51.0 Å². The van der Waals surface area contributed by atoms with E-state index in [4.69, 9.17) is 4.74 Å². The summed E-state index contributed by atoms with van der Waals surface area (Å²) in [4.78, 5) is 17.4. The third-order valence-corrected chi connectivity index (χ3v) is 5.78. The van der Waals surface area contributed by atoms with Crippen LogP contribution in [0, 0.1) is 18.4 Å². The van der Waals surface area contributed by atoms with Crippen molar-refractivity contribution >= 4 is 26.8 Å². The van der Waals surface area contributed by atoms with Gasteiger partial charge in [-0.2, -0.15) is 0 Å². The quantitative estimate of drug-likeness (QED) is 0.434. The van der Waals surface area contributed by atoms with Gasteiger partial charge in [-0.1, -0.05) is 25.6 Å². The average Bonchev–Trinajstić information content (AvgIpc) is 2.55. The molecule has 0 spiro atoms. The van der Waals surface area contributed by atoms with Crippen molar-refractivity contribution in [2.24, 2.45) is 0 Å². The molecule has 2 rings (SSSR count). The lowest BCUT2D eigenvalue weighted by Gasteiger charge is -2.35. The van der Waals surface area contributed by atoms with Crippen LogP contribution in [-0.4, -0.2) is 55.7 Å². The van der Waals surface area contributed by atoms with Crippen molar-refractivity contribution in [3.05, 3.63) is 28.8 Å². The van der Waals surface area contributed by atoms with Crippen molar-refractivity contribution in [3.8, 4) is 11.5 Å². The SMILES string of the molecule is Cc1c(S)cc(CN2CCN(C(=O)OC(C)(C)C)CC2)cc1C#C[Si](C)(C)C. The molecule has 0 atom stereocenters. The average molecular weight is 419 g/mol. The van der Waals surface area contributed by atoms with Gasteiger partial charge in [0, 0.05) is 43.2 Å². The molecule has 6 heteroatoms. The zero-order valence-electron chi connectivity index (χ0n) is 18.3. The van der Waals surface area contributed by atoms with Crippen LogP contribution >= 0.6 is 12.6 Å². The summed E-state index contributed by atoms with van der Waals surface area (Å²) in [5.74, 6) is 3.39. The normalized spacial score (nSPS) is 15.8. The molecule has 0 radical (unpaired) electrons. The summed E-state index contributed by atoms with van der Waals surface area (Å²) in [6, 6.07) is 4.33. The molecule has 0 N–H and O–H groups in total. The highest BCUT2D eigenvalue weighted by atomic mass is 32.1. The van der Waals surface area contributed by atoms with Crippen molar-refractivity contribution in [3.63, 3.8) is 0 Å². The molecule has 0 unspecified atom stereocenters. The van der Waals surface area contributed by atoms with Crippen molar-refractivity contribution in [1.29, 1.82) is 0 Å². The molecule has 1 fully saturated rings. The molecule has 0 aliphatic carbocycles. The smallest absolute Gasteiger partial charge is 0.410 e. The number of carbonyl (C=O) groups is 1. The first kappa shape index (κ1) is 22.9. The molecule has 0 aromatic heterocycles. The van der Waals surface area contributed by atoms with Gasteiger partial charge >= 0.3 is 6.09 Å². The lowest BCUT2D eigenvalue weighted by atomic mass is 10.0. The fraction of sp³-hybridized carbons (Fsp3) is 0.591. The highest BCUT2D eigenvalue weighted by molar-refractivity contribution is 7.80. The Kier molecular flexibility index (Phi) is 7.30. The maximum Gasteiger partial charge on any atom is 0.410 e. The summed E-state index contributed by atoms with van der Waals surface area (Å²) in [6.07, 6.45) is -0.218. The molecule has 1 aliphatic heterocycles. The van der Waals surface area contributed by atoms with E-state index in [0.717, 1.165) is 35.7 Å². The largest absolute Gasteiger partial charge is 0.444 e. The number of carbonyl (C=O) groups excluding carboxylic acids is 1. The predicted molar refractivity (Wildman–Crippen MR) is 122 cm³/mol. The summed E-state index contributed by atoms with van der Waals surface area (Å²) in [7, 11) is -1.42. The number of hydrogen-bond donors (Lipinski definition) is 1. The van der Waals surface area contributed by atoms with Crippen molar-refractivity contribution in [2.45, 2.75) is 64.4 Å². The summed E-state index contributed by atoms with van der Waals surface area (Å²) >= 11 is 4.66. The molecule has 1 aromatic carbocycles. The second kappa shape index (κ2) is 8.94. The maximum absolute atomic E-state index is 12.2. The van der Waals surface area contributed by atoms with Crippen molar-refractivity contribution in [2.75, 3.05) is 26.2 Å². The lowest BCUT2D eigenvalue weighted by Crippen LogP contribution is -2.49. The number of thiol groups is 1. The van der Waals surface area contributed by atoms with Crippen LogP contribution < -0.4 is 0 Å². The molecule has 0 bridgehead atoms. The minimum Gasteiger partial charge on any atom is -0.444 e. The number of benzene rings is 1. The van der Waals surface area contributed by atoms with E-state index in [0.29, 0.717) is 13.1 Å². The Bertz CT molecular complexity index is 777. The first-order chi connectivity index (χ1) is 12.8. The van der Waals surface area contributed by atoms with Gasteiger partial charge in [0.2, 0.25) is 0 Å².